The normalized spacial score (nSPS) is 13.5. The molecule has 2 aromatic rings. The van der Waals surface area contributed by atoms with Crippen LogP contribution < -0.4 is 4.18 Å². The van der Waals surface area contributed by atoms with Gasteiger partial charge in [0.2, 0.25) is 5.91 Å². The summed E-state index contributed by atoms with van der Waals surface area (Å²) in [6.07, 6.45) is 1.97. The molecule has 0 radical (unpaired) electrons. The third-order valence-corrected chi connectivity index (χ3v) is 6.00. The van der Waals surface area contributed by atoms with Crippen LogP contribution in [0.25, 0.3) is 0 Å². The number of carbonyl (C=O) groups is 2. The van der Waals surface area contributed by atoms with Crippen molar-refractivity contribution >= 4 is 22.0 Å². The lowest BCUT2D eigenvalue weighted by molar-refractivity contribution is -0.146. The predicted molar refractivity (Wildman–Crippen MR) is 110 cm³/mol. The van der Waals surface area contributed by atoms with Gasteiger partial charge in [-0.3, -0.25) is 9.59 Å². The Labute approximate surface area is 180 Å². The molecule has 1 aliphatic carbocycles. The molecule has 31 heavy (non-hydrogen) atoms. The molecule has 0 spiro atoms. The van der Waals surface area contributed by atoms with Gasteiger partial charge in [0.05, 0.1) is 13.0 Å². The minimum absolute atomic E-state index is 0.0456. The Morgan fingerprint density at radius 3 is 2.26 bits per heavy atom. The number of benzene rings is 2. The number of hydrogen-bond acceptors (Lipinski definition) is 6. The third-order valence-electron chi connectivity index (χ3n) is 4.74. The number of ether oxygens (including phenoxy) is 1. The highest BCUT2D eigenvalue weighted by Crippen LogP contribution is 2.30. The van der Waals surface area contributed by atoms with Crippen LogP contribution in [0.4, 0.5) is 4.39 Å². The van der Waals surface area contributed by atoms with E-state index in [1.54, 1.807) is 24.0 Å². The minimum atomic E-state index is -4.08. The van der Waals surface area contributed by atoms with Crippen molar-refractivity contribution < 1.29 is 31.3 Å². The van der Waals surface area contributed by atoms with Crippen molar-refractivity contribution in [1.82, 2.24) is 4.90 Å². The zero-order valence-electron chi connectivity index (χ0n) is 17.1. The van der Waals surface area contributed by atoms with E-state index >= 15 is 0 Å². The number of esters is 1. The summed E-state index contributed by atoms with van der Waals surface area (Å²) in [4.78, 5) is 25.7. The lowest BCUT2D eigenvalue weighted by atomic mass is 10.2. The molecule has 0 aliphatic heterocycles. The molecule has 0 aromatic heterocycles. The molecule has 9 heteroatoms. The molecule has 1 saturated carbocycles. The number of nitrogens with zero attached hydrogens (tertiary/aromatic N) is 1. The average Bonchev–Trinajstić information content (AvgIpc) is 3.57. The second kappa shape index (κ2) is 9.91. The molecule has 166 valence electrons. The van der Waals surface area contributed by atoms with Crippen molar-refractivity contribution in [3.05, 3.63) is 59.9 Å². The molecular formula is C22H24FNO6S. The summed E-state index contributed by atoms with van der Waals surface area (Å²) in [5.41, 5.74) is 0.808. The molecule has 3 rings (SSSR count). The standard InChI is InChI=1S/C22H24FNO6S/c1-2-29-22(26)14-13-21(25)24(18-7-8-18)15-16-3-9-19(10-4-16)30-31(27,28)20-11-5-17(23)6-12-20/h3-6,9-12,18H,2,7-8,13-15H2,1H3. The Morgan fingerprint density at radius 1 is 1.03 bits per heavy atom. The summed E-state index contributed by atoms with van der Waals surface area (Å²) < 4.78 is 47.6. The van der Waals surface area contributed by atoms with Crippen LogP contribution in [0.15, 0.2) is 53.4 Å². The highest BCUT2D eigenvalue weighted by Gasteiger charge is 2.32. The van der Waals surface area contributed by atoms with Gasteiger partial charge in [0, 0.05) is 19.0 Å². The number of amides is 1. The monoisotopic (exact) mass is 449 g/mol. The highest BCUT2D eigenvalue weighted by atomic mass is 32.2. The average molecular weight is 450 g/mol. The maximum atomic E-state index is 13.0. The molecule has 0 bridgehead atoms. The van der Waals surface area contributed by atoms with Crippen molar-refractivity contribution in [2.45, 2.75) is 50.1 Å². The van der Waals surface area contributed by atoms with Gasteiger partial charge in [0.15, 0.2) is 0 Å². The molecule has 1 fully saturated rings. The molecule has 2 aromatic carbocycles. The van der Waals surface area contributed by atoms with E-state index in [0.29, 0.717) is 6.54 Å². The molecular weight excluding hydrogens is 425 g/mol. The predicted octanol–water partition coefficient (Wildman–Crippen LogP) is 3.43. The first kappa shape index (κ1) is 22.7. The van der Waals surface area contributed by atoms with Crippen LogP contribution in [0, 0.1) is 5.82 Å². The molecule has 0 atom stereocenters. The van der Waals surface area contributed by atoms with E-state index in [0.717, 1.165) is 42.7 Å². The second-order valence-electron chi connectivity index (χ2n) is 7.19. The lowest BCUT2D eigenvalue weighted by Crippen LogP contribution is -2.32. The van der Waals surface area contributed by atoms with Crippen molar-refractivity contribution in [1.29, 1.82) is 0 Å². The van der Waals surface area contributed by atoms with E-state index in [-0.39, 0.29) is 42.0 Å². The van der Waals surface area contributed by atoms with Crippen LogP contribution in [0.5, 0.6) is 5.75 Å². The fourth-order valence-corrected chi connectivity index (χ4v) is 3.95. The van der Waals surface area contributed by atoms with Crippen LogP contribution in [0.2, 0.25) is 0 Å². The van der Waals surface area contributed by atoms with Crippen LogP contribution in [-0.2, 0) is 31.0 Å². The minimum Gasteiger partial charge on any atom is -0.466 e. The molecule has 0 heterocycles. The van der Waals surface area contributed by atoms with Gasteiger partial charge in [-0.1, -0.05) is 12.1 Å². The molecule has 1 aliphatic rings. The van der Waals surface area contributed by atoms with Crippen LogP contribution in [-0.4, -0.2) is 37.8 Å². The maximum absolute atomic E-state index is 13.0. The van der Waals surface area contributed by atoms with Crippen molar-refractivity contribution in [3.63, 3.8) is 0 Å². The first-order valence-electron chi connectivity index (χ1n) is 10.0. The summed E-state index contributed by atoms with van der Waals surface area (Å²) in [6, 6.07) is 10.9. The Bertz CT molecular complexity index is 1020. The summed E-state index contributed by atoms with van der Waals surface area (Å²) in [5.74, 6) is -0.940. The number of rotatable bonds is 10. The largest absolute Gasteiger partial charge is 0.466 e. The van der Waals surface area contributed by atoms with Gasteiger partial charge in [-0.15, -0.1) is 0 Å². The molecule has 0 N–H and O–H groups in total. The third kappa shape index (κ3) is 6.52. The quantitative estimate of drug-likeness (QED) is 0.408. The van der Waals surface area contributed by atoms with Gasteiger partial charge in [-0.05, 0) is 61.7 Å². The number of halogens is 1. The second-order valence-corrected chi connectivity index (χ2v) is 8.74. The van der Waals surface area contributed by atoms with E-state index in [2.05, 4.69) is 0 Å². The van der Waals surface area contributed by atoms with Gasteiger partial charge in [-0.2, -0.15) is 8.42 Å². The molecule has 1 amide bonds. The van der Waals surface area contributed by atoms with Gasteiger partial charge < -0.3 is 13.8 Å². The summed E-state index contributed by atoms with van der Waals surface area (Å²) in [6.45, 7) is 2.36. The maximum Gasteiger partial charge on any atom is 0.339 e. The fourth-order valence-electron chi connectivity index (χ4n) is 3.02. The van der Waals surface area contributed by atoms with Crippen LogP contribution in [0.1, 0.15) is 38.2 Å². The zero-order chi connectivity index (χ0) is 22.4. The highest BCUT2D eigenvalue weighted by molar-refractivity contribution is 7.87. The van der Waals surface area contributed by atoms with Gasteiger partial charge in [0.25, 0.3) is 0 Å². The topological polar surface area (TPSA) is 90.0 Å². The SMILES string of the molecule is CCOC(=O)CCC(=O)N(Cc1ccc(OS(=O)(=O)c2ccc(F)cc2)cc1)C1CC1. The summed E-state index contributed by atoms with van der Waals surface area (Å²) in [7, 11) is -4.08. The van der Waals surface area contributed by atoms with Gasteiger partial charge in [-0.25, -0.2) is 4.39 Å². The van der Waals surface area contributed by atoms with Crippen LogP contribution >= 0.6 is 0 Å². The van der Waals surface area contributed by atoms with Crippen LogP contribution in [0.3, 0.4) is 0 Å². The summed E-state index contributed by atoms with van der Waals surface area (Å²) >= 11 is 0. The Morgan fingerprint density at radius 2 is 1.68 bits per heavy atom. The Balaban J connectivity index is 1.61. The smallest absolute Gasteiger partial charge is 0.339 e. The Hall–Kier alpha value is -2.94. The van der Waals surface area contributed by atoms with Gasteiger partial charge in [0.1, 0.15) is 16.5 Å². The molecule has 0 unspecified atom stereocenters. The van der Waals surface area contributed by atoms with Crippen molar-refractivity contribution in [3.8, 4) is 5.75 Å². The zero-order valence-corrected chi connectivity index (χ0v) is 17.9. The van der Waals surface area contributed by atoms with Gasteiger partial charge >= 0.3 is 16.1 Å². The number of hydrogen-bond donors (Lipinski definition) is 0. The van der Waals surface area contributed by atoms with E-state index in [1.807, 2.05) is 0 Å². The fraction of sp³-hybridized carbons (Fsp3) is 0.364. The molecule has 7 nitrogen and oxygen atoms in total. The van der Waals surface area contributed by atoms with E-state index in [9.17, 15) is 22.4 Å². The molecule has 0 saturated heterocycles. The lowest BCUT2D eigenvalue weighted by Gasteiger charge is -2.22. The summed E-state index contributed by atoms with van der Waals surface area (Å²) in [5, 5.41) is 0. The van der Waals surface area contributed by atoms with Crippen molar-refractivity contribution in [2.75, 3.05) is 6.61 Å². The van der Waals surface area contributed by atoms with E-state index in [1.165, 1.54) is 12.1 Å². The first-order chi connectivity index (χ1) is 14.8. The van der Waals surface area contributed by atoms with E-state index in [4.69, 9.17) is 8.92 Å². The van der Waals surface area contributed by atoms with E-state index < -0.39 is 21.9 Å². The Kier molecular flexibility index (Phi) is 7.27. The number of carbonyl (C=O) groups excluding carboxylic acids is 2. The van der Waals surface area contributed by atoms with Crippen molar-refractivity contribution in [2.24, 2.45) is 0 Å². The first-order valence-corrected chi connectivity index (χ1v) is 11.4.